The topological polar surface area (TPSA) is 32.6 Å². The number of alkyl halides is 1. The van der Waals surface area contributed by atoms with E-state index in [9.17, 15) is 0 Å². The fraction of sp³-hybridized carbons (Fsp3) is 0.364. The second kappa shape index (κ2) is 5.01. The third kappa shape index (κ3) is 2.74. The van der Waals surface area contributed by atoms with Crippen LogP contribution in [-0.2, 0) is 6.42 Å². The Kier molecular flexibility index (Phi) is 3.96. The third-order valence-electron chi connectivity index (χ3n) is 2.19. The minimum absolute atomic E-state index is 0.268. The molecule has 0 spiro atoms. The number of hydrogen-bond acceptors (Lipinski definition) is 2. The van der Waals surface area contributed by atoms with E-state index in [4.69, 9.17) is 16.8 Å². The maximum Gasteiger partial charge on any atom is 0.0761 e. The van der Waals surface area contributed by atoms with Gasteiger partial charge in [-0.1, -0.05) is 28.9 Å². The highest BCUT2D eigenvalue weighted by molar-refractivity contribution is 6.28. The van der Waals surface area contributed by atoms with Crippen LogP contribution in [0.1, 0.15) is 16.7 Å². The van der Waals surface area contributed by atoms with E-state index < -0.39 is 0 Å². The molecule has 0 aliphatic rings. The quantitative estimate of drug-likeness (QED) is 0.355. The predicted octanol–water partition coefficient (Wildman–Crippen LogP) is 2.91. The maximum atomic E-state index is 8.64. The molecule has 0 aromatic heterocycles. The molecule has 3 heteroatoms. The molecular formula is C11H14ClNO. The van der Waals surface area contributed by atoms with Crippen LogP contribution in [0.2, 0.25) is 0 Å². The van der Waals surface area contributed by atoms with Crippen LogP contribution in [0.5, 0.6) is 0 Å². The van der Waals surface area contributed by atoms with Gasteiger partial charge in [0.25, 0.3) is 0 Å². The van der Waals surface area contributed by atoms with E-state index in [1.807, 2.05) is 19.1 Å². The lowest BCUT2D eigenvalue weighted by molar-refractivity contribution is 0.318. The molecule has 0 saturated heterocycles. The number of halogens is 1. The van der Waals surface area contributed by atoms with E-state index in [2.05, 4.69) is 18.1 Å². The van der Waals surface area contributed by atoms with E-state index in [0.717, 1.165) is 5.56 Å². The molecule has 0 saturated carbocycles. The number of aryl methyl sites for hydroxylation is 2. The standard InChI is InChI=1S/C11H14ClNO/c1-8-3-4-10(9(2)5-8)6-11(7-12)13-14/h3-5,14H,6-7H2,1-2H3. The van der Waals surface area contributed by atoms with E-state index >= 15 is 0 Å². The zero-order valence-electron chi connectivity index (χ0n) is 8.42. The molecule has 0 atom stereocenters. The van der Waals surface area contributed by atoms with Crippen molar-refractivity contribution in [3.05, 3.63) is 34.9 Å². The number of oxime groups is 1. The zero-order chi connectivity index (χ0) is 10.6. The Bertz CT molecular complexity index is 347. The summed E-state index contributed by atoms with van der Waals surface area (Å²) in [5.41, 5.74) is 4.19. The number of rotatable bonds is 3. The van der Waals surface area contributed by atoms with Crippen molar-refractivity contribution < 1.29 is 5.21 Å². The van der Waals surface area contributed by atoms with Gasteiger partial charge in [-0.05, 0) is 25.0 Å². The molecule has 0 heterocycles. The van der Waals surface area contributed by atoms with Gasteiger partial charge in [0, 0.05) is 6.42 Å². The van der Waals surface area contributed by atoms with Crippen LogP contribution in [-0.4, -0.2) is 16.8 Å². The minimum Gasteiger partial charge on any atom is -0.411 e. The third-order valence-corrected chi connectivity index (χ3v) is 2.50. The molecule has 0 fully saturated rings. The minimum atomic E-state index is 0.268. The Morgan fingerprint density at radius 2 is 2.14 bits per heavy atom. The molecule has 0 radical (unpaired) electrons. The highest BCUT2D eigenvalue weighted by atomic mass is 35.5. The lowest BCUT2D eigenvalue weighted by Crippen LogP contribution is -2.06. The number of benzene rings is 1. The molecule has 0 bridgehead atoms. The van der Waals surface area contributed by atoms with Crippen molar-refractivity contribution in [1.82, 2.24) is 0 Å². The molecule has 0 aliphatic heterocycles. The van der Waals surface area contributed by atoms with E-state index in [1.54, 1.807) is 0 Å². The first kappa shape index (κ1) is 11.1. The van der Waals surface area contributed by atoms with Crippen LogP contribution < -0.4 is 0 Å². The molecule has 1 aromatic rings. The van der Waals surface area contributed by atoms with E-state index in [0.29, 0.717) is 12.1 Å². The van der Waals surface area contributed by atoms with Gasteiger partial charge in [-0.15, -0.1) is 11.6 Å². The zero-order valence-corrected chi connectivity index (χ0v) is 9.17. The average Bonchev–Trinajstić information content (AvgIpc) is 2.17. The second-order valence-corrected chi connectivity index (χ2v) is 3.67. The van der Waals surface area contributed by atoms with Crippen molar-refractivity contribution in [1.29, 1.82) is 0 Å². The normalized spacial score (nSPS) is 11.8. The molecule has 1 rings (SSSR count). The first-order valence-electron chi connectivity index (χ1n) is 4.49. The Labute approximate surface area is 89.2 Å². The fourth-order valence-corrected chi connectivity index (χ4v) is 1.52. The van der Waals surface area contributed by atoms with Gasteiger partial charge in [0.1, 0.15) is 0 Å². The van der Waals surface area contributed by atoms with Crippen molar-refractivity contribution in [2.45, 2.75) is 20.3 Å². The predicted molar refractivity (Wildman–Crippen MR) is 59.6 cm³/mol. The summed E-state index contributed by atoms with van der Waals surface area (Å²) in [5, 5.41) is 11.8. The summed E-state index contributed by atoms with van der Waals surface area (Å²) in [5.74, 6) is 0.268. The SMILES string of the molecule is Cc1ccc(CC(CCl)=NO)c(C)c1. The first-order chi connectivity index (χ1) is 6.67. The van der Waals surface area contributed by atoms with Crippen molar-refractivity contribution in [2.24, 2.45) is 5.16 Å². The second-order valence-electron chi connectivity index (χ2n) is 3.41. The largest absolute Gasteiger partial charge is 0.411 e. The maximum absolute atomic E-state index is 8.64. The lowest BCUT2D eigenvalue weighted by Gasteiger charge is -2.06. The van der Waals surface area contributed by atoms with Crippen molar-refractivity contribution in [3.8, 4) is 0 Å². The summed E-state index contributed by atoms with van der Waals surface area (Å²) in [6.07, 6.45) is 0.617. The Morgan fingerprint density at radius 1 is 1.43 bits per heavy atom. The molecular weight excluding hydrogens is 198 g/mol. The van der Waals surface area contributed by atoms with E-state index in [-0.39, 0.29) is 5.88 Å². The van der Waals surface area contributed by atoms with Crippen molar-refractivity contribution in [3.63, 3.8) is 0 Å². The fourth-order valence-electron chi connectivity index (χ4n) is 1.37. The summed E-state index contributed by atoms with van der Waals surface area (Å²) in [6.45, 7) is 4.10. The van der Waals surface area contributed by atoms with Gasteiger partial charge in [-0.2, -0.15) is 0 Å². The summed E-state index contributed by atoms with van der Waals surface area (Å²) in [7, 11) is 0. The molecule has 0 unspecified atom stereocenters. The Hall–Kier alpha value is -1.02. The van der Waals surface area contributed by atoms with Crippen LogP contribution >= 0.6 is 11.6 Å². The van der Waals surface area contributed by atoms with Crippen LogP contribution in [0.3, 0.4) is 0 Å². The first-order valence-corrected chi connectivity index (χ1v) is 5.02. The van der Waals surface area contributed by atoms with Gasteiger partial charge >= 0.3 is 0 Å². The van der Waals surface area contributed by atoms with Crippen molar-refractivity contribution in [2.75, 3.05) is 5.88 Å². The van der Waals surface area contributed by atoms with Crippen LogP contribution in [0.15, 0.2) is 23.4 Å². The van der Waals surface area contributed by atoms with E-state index in [1.165, 1.54) is 11.1 Å². The molecule has 14 heavy (non-hydrogen) atoms. The van der Waals surface area contributed by atoms with Gasteiger partial charge in [0.05, 0.1) is 11.6 Å². The average molecular weight is 212 g/mol. The molecule has 0 aliphatic carbocycles. The molecule has 0 amide bonds. The van der Waals surface area contributed by atoms with Crippen LogP contribution in [0.4, 0.5) is 0 Å². The van der Waals surface area contributed by atoms with Crippen LogP contribution in [0, 0.1) is 13.8 Å². The van der Waals surface area contributed by atoms with Gasteiger partial charge in [-0.25, -0.2) is 0 Å². The van der Waals surface area contributed by atoms with Gasteiger partial charge < -0.3 is 5.21 Å². The van der Waals surface area contributed by atoms with Crippen molar-refractivity contribution >= 4 is 17.3 Å². The number of hydrogen-bond donors (Lipinski definition) is 1. The molecule has 1 aromatic carbocycles. The number of nitrogens with zero attached hydrogens (tertiary/aromatic N) is 1. The monoisotopic (exact) mass is 211 g/mol. The summed E-state index contributed by atoms with van der Waals surface area (Å²) >= 11 is 5.61. The summed E-state index contributed by atoms with van der Waals surface area (Å²) < 4.78 is 0. The highest BCUT2D eigenvalue weighted by Gasteiger charge is 2.03. The molecule has 76 valence electrons. The smallest absolute Gasteiger partial charge is 0.0761 e. The van der Waals surface area contributed by atoms with Crippen LogP contribution in [0.25, 0.3) is 0 Å². The van der Waals surface area contributed by atoms with Gasteiger partial charge in [-0.3, -0.25) is 0 Å². The highest BCUT2D eigenvalue weighted by Crippen LogP contribution is 2.12. The van der Waals surface area contributed by atoms with Gasteiger partial charge in [0.2, 0.25) is 0 Å². The van der Waals surface area contributed by atoms with Gasteiger partial charge in [0.15, 0.2) is 0 Å². The Morgan fingerprint density at radius 3 is 2.64 bits per heavy atom. The lowest BCUT2D eigenvalue weighted by atomic mass is 10.0. The Balaban J connectivity index is 2.87. The summed E-state index contributed by atoms with van der Waals surface area (Å²) in [6, 6.07) is 6.20. The molecule has 2 nitrogen and oxygen atoms in total. The summed E-state index contributed by atoms with van der Waals surface area (Å²) in [4.78, 5) is 0. The molecule has 1 N–H and O–H groups in total.